The van der Waals surface area contributed by atoms with E-state index >= 15 is 0 Å². The minimum Gasteiger partial charge on any atom is -0.339 e. The number of rotatable bonds is 9. The van der Waals surface area contributed by atoms with Crippen LogP contribution in [-0.2, 0) is 4.79 Å². The van der Waals surface area contributed by atoms with E-state index in [4.69, 9.17) is 5.73 Å². The molecule has 0 fully saturated rings. The number of hydrogen-bond acceptors (Lipinski definition) is 4. The first kappa shape index (κ1) is 18.8. The average Bonchev–Trinajstić information content (AvgIpc) is 3.06. The van der Waals surface area contributed by atoms with Crippen LogP contribution >= 0.6 is 0 Å². The highest BCUT2D eigenvalue weighted by Gasteiger charge is 2.17. The summed E-state index contributed by atoms with van der Waals surface area (Å²) in [5, 5.41) is 9.28. The first-order valence-electron chi connectivity index (χ1n) is 8.58. The summed E-state index contributed by atoms with van der Waals surface area (Å²) in [6.45, 7) is 1.87. The highest BCUT2D eigenvalue weighted by Crippen LogP contribution is 2.24. The Hall–Kier alpha value is -2.52. The summed E-state index contributed by atoms with van der Waals surface area (Å²) < 4.78 is 13.0. The Morgan fingerprint density at radius 1 is 1.32 bits per heavy atom. The summed E-state index contributed by atoms with van der Waals surface area (Å²) in [5.74, 6) is 0.471. The summed E-state index contributed by atoms with van der Waals surface area (Å²) >= 11 is 0. The van der Waals surface area contributed by atoms with E-state index in [9.17, 15) is 14.4 Å². The lowest BCUT2D eigenvalue weighted by atomic mass is 10.0. The Kier molecular flexibility index (Phi) is 6.84. The normalized spacial score (nSPS) is 11.9. The highest BCUT2D eigenvalue weighted by molar-refractivity contribution is 5.77. The molecule has 1 atom stereocenters. The molecule has 0 spiro atoms. The number of aromatic amines is 1. The number of carbonyl (C=O) groups excluding carboxylic acids is 1. The Labute approximate surface area is 147 Å². The quantitative estimate of drug-likeness (QED) is 0.673. The van der Waals surface area contributed by atoms with Gasteiger partial charge in [0.25, 0.3) is 0 Å². The number of Topliss-reactive ketones (excluding diaryl/α,β-unsaturated/α-hetero) is 1. The molecule has 0 aliphatic rings. The van der Waals surface area contributed by atoms with Crippen molar-refractivity contribution in [3.05, 3.63) is 41.5 Å². The SMILES string of the molecule is CCC(=O)CCCCC[C@H](N)c1[nH]c(-c2ccc(F)cc2)nc1C#N. The van der Waals surface area contributed by atoms with Crippen LogP contribution in [0.1, 0.15) is 62.9 Å². The van der Waals surface area contributed by atoms with Crippen molar-refractivity contribution in [2.24, 2.45) is 5.73 Å². The van der Waals surface area contributed by atoms with E-state index in [-0.39, 0.29) is 23.3 Å². The third-order valence-electron chi connectivity index (χ3n) is 4.19. The number of hydrogen-bond donors (Lipinski definition) is 2. The van der Waals surface area contributed by atoms with Crippen LogP contribution in [-0.4, -0.2) is 15.8 Å². The van der Waals surface area contributed by atoms with Gasteiger partial charge in [0.05, 0.1) is 5.69 Å². The van der Waals surface area contributed by atoms with Crippen molar-refractivity contribution in [2.75, 3.05) is 0 Å². The molecule has 1 heterocycles. The standard InChI is InChI=1S/C19H23FN4O/c1-2-15(25)6-4-3-5-7-16(22)18-17(12-21)23-19(24-18)13-8-10-14(20)11-9-13/h8-11,16H,2-7,22H2,1H3,(H,23,24)/t16-/m0/s1. The van der Waals surface area contributed by atoms with Gasteiger partial charge < -0.3 is 10.7 Å². The maximum atomic E-state index is 13.0. The summed E-state index contributed by atoms with van der Waals surface area (Å²) in [7, 11) is 0. The van der Waals surface area contributed by atoms with Gasteiger partial charge in [0.2, 0.25) is 0 Å². The molecule has 1 aromatic carbocycles. The summed E-state index contributed by atoms with van der Waals surface area (Å²) in [5.41, 5.74) is 7.78. The number of nitriles is 1. The van der Waals surface area contributed by atoms with E-state index < -0.39 is 0 Å². The molecule has 25 heavy (non-hydrogen) atoms. The average molecular weight is 342 g/mol. The van der Waals surface area contributed by atoms with Crippen molar-refractivity contribution < 1.29 is 9.18 Å². The molecule has 0 unspecified atom stereocenters. The fraction of sp³-hybridized carbons (Fsp3) is 0.421. The Morgan fingerprint density at radius 3 is 2.68 bits per heavy atom. The minimum atomic E-state index is -0.325. The second-order valence-electron chi connectivity index (χ2n) is 6.06. The number of H-pyrrole nitrogens is 1. The Balaban J connectivity index is 1.97. The molecular formula is C19H23FN4O. The molecule has 5 nitrogen and oxygen atoms in total. The van der Waals surface area contributed by atoms with E-state index in [0.717, 1.165) is 19.3 Å². The van der Waals surface area contributed by atoms with E-state index in [1.165, 1.54) is 12.1 Å². The Bertz CT molecular complexity index is 746. The van der Waals surface area contributed by atoms with Crippen molar-refractivity contribution in [1.29, 1.82) is 5.26 Å². The lowest BCUT2D eigenvalue weighted by Gasteiger charge is -2.09. The van der Waals surface area contributed by atoms with Gasteiger partial charge in [-0.25, -0.2) is 9.37 Å². The number of nitrogens with one attached hydrogen (secondary N) is 1. The van der Waals surface area contributed by atoms with Crippen LogP contribution in [0.2, 0.25) is 0 Å². The van der Waals surface area contributed by atoms with Gasteiger partial charge in [-0.05, 0) is 37.1 Å². The molecular weight excluding hydrogens is 319 g/mol. The van der Waals surface area contributed by atoms with Crippen molar-refractivity contribution in [1.82, 2.24) is 9.97 Å². The lowest BCUT2D eigenvalue weighted by Crippen LogP contribution is -2.12. The zero-order chi connectivity index (χ0) is 18.2. The number of benzene rings is 1. The first-order valence-corrected chi connectivity index (χ1v) is 8.58. The molecule has 132 valence electrons. The smallest absolute Gasteiger partial charge is 0.163 e. The van der Waals surface area contributed by atoms with Crippen LogP contribution in [0, 0.1) is 17.1 Å². The molecule has 0 aliphatic carbocycles. The van der Waals surface area contributed by atoms with Crippen molar-refractivity contribution in [3.63, 3.8) is 0 Å². The number of nitrogens with zero attached hydrogens (tertiary/aromatic N) is 2. The fourth-order valence-corrected chi connectivity index (χ4v) is 2.67. The second-order valence-corrected chi connectivity index (χ2v) is 6.06. The van der Waals surface area contributed by atoms with Crippen molar-refractivity contribution >= 4 is 5.78 Å². The van der Waals surface area contributed by atoms with Crippen LogP contribution in [0.15, 0.2) is 24.3 Å². The molecule has 6 heteroatoms. The number of carbonyl (C=O) groups is 1. The van der Waals surface area contributed by atoms with E-state index in [2.05, 4.69) is 16.0 Å². The largest absolute Gasteiger partial charge is 0.339 e. The van der Waals surface area contributed by atoms with Gasteiger partial charge in [-0.3, -0.25) is 4.79 Å². The lowest BCUT2D eigenvalue weighted by molar-refractivity contribution is -0.118. The fourth-order valence-electron chi connectivity index (χ4n) is 2.67. The van der Waals surface area contributed by atoms with Crippen LogP contribution in [0.5, 0.6) is 0 Å². The number of unbranched alkanes of at least 4 members (excludes halogenated alkanes) is 2. The van der Waals surface area contributed by atoms with Gasteiger partial charge in [-0.2, -0.15) is 5.26 Å². The van der Waals surface area contributed by atoms with E-state index in [1.54, 1.807) is 12.1 Å². The first-order chi connectivity index (χ1) is 12.0. The summed E-state index contributed by atoms with van der Waals surface area (Å²) in [6, 6.07) is 7.65. The molecule has 0 saturated carbocycles. The maximum Gasteiger partial charge on any atom is 0.163 e. The maximum absolute atomic E-state index is 13.0. The number of aromatic nitrogens is 2. The topological polar surface area (TPSA) is 95.6 Å². The monoisotopic (exact) mass is 342 g/mol. The van der Waals surface area contributed by atoms with Crippen molar-refractivity contribution in [2.45, 2.75) is 51.5 Å². The van der Waals surface area contributed by atoms with E-state index in [1.807, 2.05) is 6.92 Å². The third kappa shape index (κ3) is 5.23. The minimum absolute atomic E-state index is 0.271. The third-order valence-corrected chi connectivity index (χ3v) is 4.19. The molecule has 0 saturated heterocycles. The van der Waals surface area contributed by atoms with Crippen LogP contribution in [0.25, 0.3) is 11.4 Å². The van der Waals surface area contributed by atoms with Gasteiger partial charge in [0, 0.05) is 24.4 Å². The molecule has 0 radical (unpaired) electrons. The van der Waals surface area contributed by atoms with Gasteiger partial charge in [0.1, 0.15) is 23.5 Å². The van der Waals surface area contributed by atoms with Crippen molar-refractivity contribution in [3.8, 4) is 17.5 Å². The van der Waals surface area contributed by atoms with Crippen LogP contribution in [0.3, 0.4) is 0 Å². The molecule has 2 rings (SSSR count). The van der Waals surface area contributed by atoms with Gasteiger partial charge in [-0.15, -0.1) is 0 Å². The van der Waals surface area contributed by atoms with Gasteiger partial charge >= 0.3 is 0 Å². The summed E-state index contributed by atoms with van der Waals surface area (Å²) in [6.07, 6.45) is 4.60. The van der Waals surface area contributed by atoms with E-state index in [0.29, 0.717) is 36.3 Å². The predicted molar refractivity (Wildman–Crippen MR) is 94.0 cm³/mol. The highest BCUT2D eigenvalue weighted by atomic mass is 19.1. The van der Waals surface area contributed by atoms with Gasteiger partial charge in [-0.1, -0.05) is 19.8 Å². The number of halogens is 1. The molecule has 0 aliphatic heterocycles. The Morgan fingerprint density at radius 2 is 2.04 bits per heavy atom. The zero-order valence-corrected chi connectivity index (χ0v) is 14.4. The predicted octanol–water partition coefficient (Wildman–Crippen LogP) is 4.02. The molecule has 2 aromatic rings. The summed E-state index contributed by atoms with van der Waals surface area (Å²) in [4.78, 5) is 18.6. The number of imidazole rings is 1. The number of ketones is 1. The van der Waals surface area contributed by atoms with Crippen LogP contribution < -0.4 is 5.73 Å². The second kappa shape index (κ2) is 9.09. The molecule has 3 N–H and O–H groups in total. The van der Waals surface area contributed by atoms with Gasteiger partial charge in [0.15, 0.2) is 5.69 Å². The van der Waals surface area contributed by atoms with Crippen LogP contribution in [0.4, 0.5) is 4.39 Å². The number of nitrogens with two attached hydrogens (primary N) is 1. The molecule has 0 bridgehead atoms. The zero-order valence-electron chi connectivity index (χ0n) is 14.4. The molecule has 0 amide bonds. The molecule has 1 aromatic heterocycles.